The standard InChI is InChI=1S/C18H20O3/c19-13-14-21-18(16-9-5-2-6-10-16)12-11-17(20)15-7-3-1-4-8-15/h1-10,18-19H,11-14H2. The van der Waals surface area contributed by atoms with Crippen molar-refractivity contribution < 1.29 is 14.6 Å². The minimum Gasteiger partial charge on any atom is -0.394 e. The summed E-state index contributed by atoms with van der Waals surface area (Å²) in [5.74, 6) is 0.115. The van der Waals surface area contributed by atoms with Gasteiger partial charge in [0.05, 0.1) is 19.3 Å². The molecule has 2 aromatic rings. The third-order valence-corrected chi connectivity index (χ3v) is 3.31. The van der Waals surface area contributed by atoms with Crippen molar-refractivity contribution in [3.05, 3.63) is 71.8 Å². The number of aliphatic hydroxyl groups excluding tert-OH is 1. The number of rotatable bonds is 8. The van der Waals surface area contributed by atoms with Crippen molar-refractivity contribution in [1.29, 1.82) is 0 Å². The van der Waals surface area contributed by atoms with Gasteiger partial charge in [0.25, 0.3) is 0 Å². The van der Waals surface area contributed by atoms with Gasteiger partial charge < -0.3 is 9.84 Å². The van der Waals surface area contributed by atoms with Gasteiger partial charge in [0.1, 0.15) is 0 Å². The second-order valence-corrected chi connectivity index (χ2v) is 4.82. The molecular weight excluding hydrogens is 264 g/mol. The maximum absolute atomic E-state index is 12.1. The molecule has 3 heteroatoms. The summed E-state index contributed by atoms with van der Waals surface area (Å²) in [6.07, 6.45) is 0.873. The first-order valence-electron chi connectivity index (χ1n) is 7.17. The minimum absolute atomic E-state index is 0.0179. The molecule has 0 saturated heterocycles. The predicted octanol–water partition coefficient (Wildman–Crippen LogP) is 3.40. The highest BCUT2D eigenvalue weighted by atomic mass is 16.5. The number of ether oxygens (including phenoxy) is 1. The van der Waals surface area contributed by atoms with Crippen LogP contribution in [0.1, 0.15) is 34.9 Å². The molecule has 2 rings (SSSR count). The molecule has 1 unspecified atom stereocenters. The van der Waals surface area contributed by atoms with Crippen molar-refractivity contribution in [3.8, 4) is 0 Å². The van der Waals surface area contributed by atoms with Crippen molar-refractivity contribution in [2.24, 2.45) is 0 Å². The fraction of sp³-hybridized carbons (Fsp3) is 0.278. The van der Waals surface area contributed by atoms with Crippen LogP contribution in [0, 0.1) is 0 Å². The van der Waals surface area contributed by atoms with E-state index in [2.05, 4.69) is 0 Å². The van der Waals surface area contributed by atoms with Gasteiger partial charge in [-0.05, 0) is 12.0 Å². The van der Waals surface area contributed by atoms with Gasteiger partial charge in [-0.15, -0.1) is 0 Å². The first kappa shape index (κ1) is 15.4. The lowest BCUT2D eigenvalue weighted by Gasteiger charge is -2.17. The van der Waals surface area contributed by atoms with Gasteiger partial charge in [0.15, 0.2) is 5.78 Å². The number of aliphatic hydroxyl groups is 1. The van der Waals surface area contributed by atoms with Crippen molar-refractivity contribution in [2.45, 2.75) is 18.9 Å². The fourth-order valence-corrected chi connectivity index (χ4v) is 2.24. The summed E-state index contributed by atoms with van der Waals surface area (Å²) in [4.78, 5) is 12.1. The van der Waals surface area contributed by atoms with Crippen molar-refractivity contribution in [1.82, 2.24) is 0 Å². The zero-order chi connectivity index (χ0) is 14.9. The molecule has 3 nitrogen and oxygen atoms in total. The van der Waals surface area contributed by atoms with Crippen LogP contribution in [0.4, 0.5) is 0 Å². The Hall–Kier alpha value is -1.97. The quantitative estimate of drug-likeness (QED) is 0.756. The van der Waals surface area contributed by atoms with Crippen LogP contribution in [0.25, 0.3) is 0 Å². The third-order valence-electron chi connectivity index (χ3n) is 3.31. The van der Waals surface area contributed by atoms with Crippen LogP contribution in [-0.4, -0.2) is 24.1 Å². The lowest BCUT2D eigenvalue weighted by atomic mass is 10.0. The minimum atomic E-state index is -0.161. The number of carbonyl (C=O) groups excluding carboxylic acids is 1. The Balaban J connectivity index is 1.97. The second kappa shape index (κ2) is 8.35. The van der Waals surface area contributed by atoms with Crippen LogP contribution in [0.15, 0.2) is 60.7 Å². The molecule has 0 spiro atoms. The molecule has 0 aromatic heterocycles. The maximum atomic E-state index is 12.1. The lowest BCUT2D eigenvalue weighted by molar-refractivity contribution is 0.0220. The van der Waals surface area contributed by atoms with E-state index >= 15 is 0 Å². The van der Waals surface area contributed by atoms with Gasteiger partial charge in [-0.3, -0.25) is 4.79 Å². The van der Waals surface area contributed by atoms with E-state index < -0.39 is 0 Å². The first-order chi connectivity index (χ1) is 10.3. The van der Waals surface area contributed by atoms with Crippen LogP contribution < -0.4 is 0 Å². The van der Waals surface area contributed by atoms with E-state index in [0.717, 1.165) is 11.1 Å². The SMILES string of the molecule is O=C(CCC(OCCO)c1ccccc1)c1ccccc1. The van der Waals surface area contributed by atoms with E-state index in [1.165, 1.54) is 0 Å². The number of hydrogen-bond donors (Lipinski definition) is 1. The normalized spacial score (nSPS) is 12.0. The Labute approximate surface area is 125 Å². The number of ketones is 1. The average molecular weight is 284 g/mol. The summed E-state index contributed by atoms with van der Waals surface area (Å²) in [5.41, 5.74) is 1.76. The lowest BCUT2D eigenvalue weighted by Crippen LogP contribution is -2.10. The van der Waals surface area contributed by atoms with Gasteiger partial charge in [0.2, 0.25) is 0 Å². The summed E-state index contributed by atoms with van der Waals surface area (Å²) in [6.45, 7) is 0.259. The van der Waals surface area contributed by atoms with E-state index in [1.54, 1.807) is 0 Å². The van der Waals surface area contributed by atoms with Gasteiger partial charge >= 0.3 is 0 Å². The molecule has 0 aliphatic carbocycles. The molecule has 0 bridgehead atoms. The van der Waals surface area contributed by atoms with Crippen molar-refractivity contribution >= 4 is 5.78 Å². The molecule has 0 fully saturated rings. The Bertz CT molecular complexity index is 537. The zero-order valence-corrected chi connectivity index (χ0v) is 11.9. The fourth-order valence-electron chi connectivity index (χ4n) is 2.24. The number of benzene rings is 2. The molecule has 0 amide bonds. The monoisotopic (exact) mass is 284 g/mol. The van der Waals surface area contributed by atoms with E-state index in [9.17, 15) is 4.79 Å². The van der Waals surface area contributed by atoms with Gasteiger partial charge in [-0.1, -0.05) is 60.7 Å². The predicted molar refractivity (Wildman–Crippen MR) is 82.2 cm³/mol. The molecule has 0 heterocycles. The Morgan fingerprint density at radius 3 is 2.24 bits per heavy atom. The molecule has 110 valence electrons. The highest BCUT2D eigenvalue weighted by Gasteiger charge is 2.14. The Morgan fingerprint density at radius 2 is 1.62 bits per heavy atom. The van der Waals surface area contributed by atoms with Crippen LogP contribution in [0.5, 0.6) is 0 Å². The number of hydrogen-bond acceptors (Lipinski definition) is 3. The van der Waals surface area contributed by atoms with Gasteiger partial charge in [-0.2, -0.15) is 0 Å². The topological polar surface area (TPSA) is 46.5 Å². The first-order valence-corrected chi connectivity index (χ1v) is 7.17. The van der Waals surface area contributed by atoms with Gasteiger partial charge in [0, 0.05) is 12.0 Å². The molecule has 0 aliphatic heterocycles. The van der Waals surface area contributed by atoms with E-state index in [0.29, 0.717) is 12.8 Å². The molecule has 0 aliphatic rings. The second-order valence-electron chi connectivity index (χ2n) is 4.82. The molecule has 1 atom stereocenters. The summed E-state index contributed by atoms with van der Waals surface area (Å²) < 4.78 is 5.66. The highest BCUT2D eigenvalue weighted by Crippen LogP contribution is 2.23. The van der Waals surface area contributed by atoms with Gasteiger partial charge in [-0.25, -0.2) is 0 Å². The molecule has 0 radical (unpaired) electrons. The molecule has 1 N–H and O–H groups in total. The molecular formula is C18H20O3. The van der Waals surface area contributed by atoms with Crippen LogP contribution in [-0.2, 0) is 4.74 Å². The highest BCUT2D eigenvalue weighted by molar-refractivity contribution is 5.95. The summed E-state index contributed by atoms with van der Waals surface area (Å²) >= 11 is 0. The maximum Gasteiger partial charge on any atom is 0.162 e. The average Bonchev–Trinajstić information content (AvgIpc) is 2.56. The molecule has 0 saturated carbocycles. The number of Topliss-reactive ketones (excluding diaryl/α,β-unsaturated/α-hetero) is 1. The van der Waals surface area contributed by atoms with Crippen LogP contribution >= 0.6 is 0 Å². The largest absolute Gasteiger partial charge is 0.394 e. The third kappa shape index (κ3) is 4.81. The number of carbonyl (C=O) groups is 1. The summed E-state index contributed by atoms with van der Waals surface area (Å²) in [5, 5.41) is 8.93. The van der Waals surface area contributed by atoms with E-state index in [-0.39, 0.29) is 25.1 Å². The Kier molecular flexibility index (Phi) is 6.13. The Morgan fingerprint density at radius 1 is 1.00 bits per heavy atom. The smallest absolute Gasteiger partial charge is 0.162 e. The van der Waals surface area contributed by atoms with E-state index in [4.69, 9.17) is 9.84 Å². The van der Waals surface area contributed by atoms with Crippen molar-refractivity contribution in [3.63, 3.8) is 0 Å². The molecule has 21 heavy (non-hydrogen) atoms. The molecule has 2 aromatic carbocycles. The van der Waals surface area contributed by atoms with Crippen LogP contribution in [0.3, 0.4) is 0 Å². The van der Waals surface area contributed by atoms with Crippen LogP contribution in [0.2, 0.25) is 0 Å². The van der Waals surface area contributed by atoms with Crippen molar-refractivity contribution in [2.75, 3.05) is 13.2 Å². The zero-order valence-electron chi connectivity index (χ0n) is 11.9. The summed E-state index contributed by atoms with van der Waals surface area (Å²) in [7, 11) is 0. The summed E-state index contributed by atoms with van der Waals surface area (Å²) in [6, 6.07) is 19.1. The van der Waals surface area contributed by atoms with E-state index in [1.807, 2.05) is 60.7 Å².